The van der Waals surface area contributed by atoms with E-state index >= 15 is 0 Å². The number of hydrogen-bond donors (Lipinski definition) is 3. The highest BCUT2D eigenvalue weighted by Crippen LogP contribution is 2.26. The van der Waals surface area contributed by atoms with E-state index in [1.807, 2.05) is 50.2 Å². The van der Waals surface area contributed by atoms with Gasteiger partial charge in [0.1, 0.15) is 0 Å². The van der Waals surface area contributed by atoms with Crippen molar-refractivity contribution in [1.82, 2.24) is 5.32 Å². The normalized spacial score (nSPS) is 14.2. The van der Waals surface area contributed by atoms with Crippen LogP contribution in [0.5, 0.6) is 0 Å². The minimum Gasteiger partial charge on any atom is -0.384 e. The molecule has 0 aliphatic carbocycles. The SMILES string of the molecule is Cc1ccccc1NCCC(=O)N[C@@H](C)c1ccc2c(c1)CCC(=O)N2. The molecule has 0 saturated carbocycles. The van der Waals surface area contributed by atoms with Crippen LogP contribution in [0.3, 0.4) is 0 Å². The van der Waals surface area contributed by atoms with Crippen molar-refractivity contribution in [2.24, 2.45) is 0 Å². The molecule has 1 aliphatic rings. The number of para-hydroxylation sites is 1. The average Bonchev–Trinajstić information content (AvgIpc) is 2.62. The molecule has 0 fully saturated rings. The lowest BCUT2D eigenvalue weighted by Gasteiger charge is -2.20. The van der Waals surface area contributed by atoms with Crippen molar-refractivity contribution < 1.29 is 9.59 Å². The zero-order valence-electron chi connectivity index (χ0n) is 15.3. The number of anilines is 2. The number of hydrogen-bond acceptors (Lipinski definition) is 3. The molecule has 1 atom stereocenters. The van der Waals surface area contributed by atoms with Crippen LogP contribution in [0.2, 0.25) is 0 Å². The summed E-state index contributed by atoms with van der Waals surface area (Å²) in [6.45, 7) is 4.62. The number of nitrogens with one attached hydrogen (secondary N) is 3. The molecule has 3 rings (SSSR count). The number of amides is 2. The van der Waals surface area contributed by atoms with Crippen LogP contribution in [-0.4, -0.2) is 18.4 Å². The Morgan fingerprint density at radius 1 is 1.19 bits per heavy atom. The van der Waals surface area contributed by atoms with Gasteiger partial charge in [0.15, 0.2) is 0 Å². The monoisotopic (exact) mass is 351 g/mol. The van der Waals surface area contributed by atoms with E-state index in [1.54, 1.807) is 0 Å². The van der Waals surface area contributed by atoms with Crippen LogP contribution in [0.1, 0.15) is 42.5 Å². The van der Waals surface area contributed by atoms with Crippen LogP contribution in [0.15, 0.2) is 42.5 Å². The minimum atomic E-state index is -0.0658. The van der Waals surface area contributed by atoms with Crippen molar-refractivity contribution in [2.75, 3.05) is 17.2 Å². The van der Waals surface area contributed by atoms with Crippen molar-refractivity contribution >= 4 is 23.2 Å². The van der Waals surface area contributed by atoms with Gasteiger partial charge in [0.05, 0.1) is 6.04 Å². The van der Waals surface area contributed by atoms with Crippen molar-refractivity contribution in [3.8, 4) is 0 Å². The third-order valence-corrected chi connectivity index (χ3v) is 4.71. The first-order valence-electron chi connectivity index (χ1n) is 9.04. The summed E-state index contributed by atoms with van der Waals surface area (Å²) in [5.41, 5.74) is 5.29. The molecule has 26 heavy (non-hydrogen) atoms. The minimum absolute atomic E-state index is 0.0182. The van der Waals surface area contributed by atoms with Crippen molar-refractivity contribution in [1.29, 1.82) is 0 Å². The number of aryl methyl sites for hydroxylation is 2. The van der Waals surface area contributed by atoms with Gasteiger partial charge < -0.3 is 16.0 Å². The summed E-state index contributed by atoms with van der Waals surface area (Å²) < 4.78 is 0. The van der Waals surface area contributed by atoms with E-state index in [0.29, 0.717) is 19.4 Å². The van der Waals surface area contributed by atoms with E-state index in [0.717, 1.165) is 28.9 Å². The summed E-state index contributed by atoms with van der Waals surface area (Å²) in [6.07, 6.45) is 1.68. The molecule has 0 bridgehead atoms. The van der Waals surface area contributed by atoms with Crippen molar-refractivity contribution in [3.05, 3.63) is 59.2 Å². The maximum absolute atomic E-state index is 12.2. The second-order valence-corrected chi connectivity index (χ2v) is 6.75. The largest absolute Gasteiger partial charge is 0.384 e. The van der Waals surface area contributed by atoms with E-state index in [2.05, 4.69) is 22.0 Å². The van der Waals surface area contributed by atoms with Crippen molar-refractivity contribution in [2.45, 2.75) is 39.2 Å². The lowest BCUT2D eigenvalue weighted by atomic mass is 9.98. The first-order valence-corrected chi connectivity index (χ1v) is 9.04. The summed E-state index contributed by atoms with van der Waals surface area (Å²) in [5, 5.41) is 9.23. The molecule has 2 aromatic carbocycles. The Morgan fingerprint density at radius 3 is 2.81 bits per heavy atom. The van der Waals surface area contributed by atoms with E-state index in [4.69, 9.17) is 0 Å². The fourth-order valence-electron chi connectivity index (χ4n) is 3.15. The number of carbonyl (C=O) groups excluding carboxylic acids is 2. The molecule has 0 spiro atoms. The Morgan fingerprint density at radius 2 is 2.00 bits per heavy atom. The zero-order valence-corrected chi connectivity index (χ0v) is 15.3. The van der Waals surface area contributed by atoms with Gasteiger partial charge in [-0.05, 0) is 49.1 Å². The van der Waals surface area contributed by atoms with Crippen LogP contribution >= 0.6 is 0 Å². The molecule has 0 unspecified atom stereocenters. The second kappa shape index (κ2) is 8.04. The molecule has 0 aromatic heterocycles. The highest BCUT2D eigenvalue weighted by molar-refractivity contribution is 5.93. The molecule has 2 aromatic rings. The Balaban J connectivity index is 1.51. The molecule has 1 aliphatic heterocycles. The Hall–Kier alpha value is -2.82. The quantitative estimate of drug-likeness (QED) is 0.745. The van der Waals surface area contributed by atoms with E-state index in [1.165, 1.54) is 5.56 Å². The summed E-state index contributed by atoms with van der Waals surface area (Å²) in [4.78, 5) is 23.7. The smallest absolute Gasteiger partial charge is 0.224 e. The third kappa shape index (κ3) is 4.42. The lowest BCUT2D eigenvalue weighted by molar-refractivity contribution is -0.121. The molecule has 0 radical (unpaired) electrons. The van der Waals surface area contributed by atoms with Crippen LogP contribution in [0.4, 0.5) is 11.4 Å². The van der Waals surface area contributed by atoms with Gasteiger partial charge in [-0.1, -0.05) is 30.3 Å². The summed E-state index contributed by atoms with van der Waals surface area (Å²) >= 11 is 0. The summed E-state index contributed by atoms with van der Waals surface area (Å²) in [7, 11) is 0. The Labute approximate surface area is 154 Å². The van der Waals surface area contributed by atoms with Gasteiger partial charge >= 0.3 is 0 Å². The maximum Gasteiger partial charge on any atom is 0.224 e. The molecule has 3 N–H and O–H groups in total. The third-order valence-electron chi connectivity index (χ3n) is 4.71. The van der Waals surface area contributed by atoms with Crippen molar-refractivity contribution in [3.63, 3.8) is 0 Å². The van der Waals surface area contributed by atoms with Gasteiger partial charge in [-0.15, -0.1) is 0 Å². The van der Waals surface area contributed by atoms with E-state index < -0.39 is 0 Å². The standard InChI is InChI=1S/C21H25N3O2/c1-14-5-3-4-6-18(14)22-12-11-21(26)23-15(2)16-7-9-19-17(13-16)8-10-20(25)24-19/h3-7,9,13,15,22H,8,10-12H2,1-2H3,(H,23,26)(H,24,25)/t15-/m0/s1. The highest BCUT2D eigenvalue weighted by atomic mass is 16.2. The summed E-state index contributed by atoms with van der Waals surface area (Å²) in [6, 6.07) is 13.9. The highest BCUT2D eigenvalue weighted by Gasteiger charge is 2.17. The van der Waals surface area contributed by atoms with Crippen LogP contribution in [0, 0.1) is 6.92 Å². The number of fused-ring (bicyclic) bond motifs is 1. The van der Waals surface area contributed by atoms with Gasteiger partial charge in [0.25, 0.3) is 0 Å². The lowest BCUT2D eigenvalue weighted by Crippen LogP contribution is -2.28. The molecule has 5 heteroatoms. The Kier molecular flexibility index (Phi) is 5.56. The topological polar surface area (TPSA) is 70.2 Å². The summed E-state index contributed by atoms with van der Waals surface area (Å²) in [5.74, 6) is 0.0809. The molecule has 0 saturated heterocycles. The fraction of sp³-hybridized carbons (Fsp3) is 0.333. The van der Waals surface area contributed by atoms with Crippen LogP contribution in [0.25, 0.3) is 0 Å². The number of benzene rings is 2. The average molecular weight is 351 g/mol. The zero-order chi connectivity index (χ0) is 18.5. The molecule has 136 valence electrons. The fourth-order valence-corrected chi connectivity index (χ4v) is 3.15. The van der Waals surface area contributed by atoms with Gasteiger partial charge in [-0.3, -0.25) is 9.59 Å². The number of carbonyl (C=O) groups is 2. The Bertz CT molecular complexity index is 817. The van der Waals surface area contributed by atoms with Gasteiger partial charge in [0.2, 0.25) is 11.8 Å². The van der Waals surface area contributed by atoms with Crippen LogP contribution < -0.4 is 16.0 Å². The van der Waals surface area contributed by atoms with Gasteiger partial charge in [0, 0.05) is 30.8 Å². The molecule has 2 amide bonds. The maximum atomic E-state index is 12.2. The van der Waals surface area contributed by atoms with E-state index in [9.17, 15) is 9.59 Å². The molecule has 1 heterocycles. The molecular formula is C21H25N3O2. The predicted molar refractivity (Wildman–Crippen MR) is 104 cm³/mol. The van der Waals surface area contributed by atoms with E-state index in [-0.39, 0.29) is 17.9 Å². The predicted octanol–water partition coefficient (Wildman–Crippen LogP) is 3.56. The first kappa shape index (κ1) is 18.0. The molecule has 5 nitrogen and oxygen atoms in total. The van der Waals surface area contributed by atoms with Gasteiger partial charge in [-0.2, -0.15) is 0 Å². The second-order valence-electron chi connectivity index (χ2n) is 6.75. The van der Waals surface area contributed by atoms with Crippen LogP contribution in [-0.2, 0) is 16.0 Å². The first-order chi connectivity index (χ1) is 12.5. The van der Waals surface area contributed by atoms with Gasteiger partial charge in [-0.25, -0.2) is 0 Å². The molecular weight excluding hydrogens is 326 g/mol. The number of rotatable bonds is 6.